The number of halogens is 2. The van der Waals surface area contributed by atoms with E-state index in [4.69, 9.17) is 10.3 Å². The Labute approximate surface area is 140 Å². The lowest BCUT2D eigenvalue weighted by molar-refractivity contribution is -0.0413. The first kappa shape index (κ1) is 15.8. The average Bonchev–Trinajstić information content (AvgIpc) is 2.90. The lowest BCUT2D eigenvalue weighted by atomic mass is 10.0. The van der Waals surface area contributed by atoms with Crippen molar-refractivity contribution in [3.05, 3.63) is 58.5 Å². The van der Waals surface area contributed by atoms with Gasteiger partial charge in [-0.2, -0.15) is 0 Å². The number of hydrogen-bond donors (Lipinski definition) is 1. The normalized spacial score (nSPS) is 23.7. The molecule has 1 aliphatic heterocycles. The van der Waals surface area contributed by atoms with E-state index in [1.54, 1.807) is 16.7 Å². The van der Waals surface area contributed by atoms with Gasteiger partial charge in [-0.25, -0.2) is 8.78 Å². The summed E-state index contributed by atoms with van der Waals surface area (Å²) in [5.74, 6) is -0.855. The molecule has 128 valence electrons. The monoisotopic (exact) mass is 344 g/mol. The van der Waals surface area contributed by atoms with Gasteiger partial charge in [-0.15, -0.1) is 0 Å². The Morgan fingerprint density at radius 1 is 1.08 bits per heavy atom. The molecule has 3 atom stereocenters. The standard InChI is InChI=1S/C17H14F2N4O2/c18-9-1-3-14-11(5-9)12-6-10(19)2-4-15(12)23(14)16-8-25-7-13(17(16)24)21-22-20/h1-6,13,16-17,24H,7-8H2/t13-,16+,17+/m1/s1. The Bertz CT molecular complexity index is 953. The summed E-state index contributed by atoms with van der Waals surface area (Å²) in [7, 11) is 0. The number of aliphatic hydroxyl groups is 1. The minimum atomic E-state index is -0.974. The highest BCUT2D eigenvalue weighted by atomic mass is 19.1. The van der Waals surface area contributed by atoms with E-state index >= 15 is 0 Å². The SMILES string of the molecule is [N-]=[N+]=N[C@@H]1COC[C@H](n2c3ccc(F)cc3c3cc(F)ccc32)[C@H]1O. The van der Waals surface area contributed by atoms with Gasteiger partial charge in [0.15, 0.2) is 0 Å². The average molecular weight is 344 g/mol. The van der Waals surface area contributed by atoms with Crippen LogP contribution in [-0.4, -0.2) is 35.0 Å². The third-order valence-corrected chi connectivity index (χ3v) is 4.62. The van der Waals surface area contributed by atoms with Crippen LogP contribution in [0.4, 0.5) is 8.78 Å². The van der Waals surface area contributed by atoms with Gasteiger partial charge >= 0.3 is 0 Å². The molecular formula is C17H14F2N4O2. The number of azide groups is 1. The van der Waals surface area contributed by atoms with E-state index in [-0.39, 0.29) is 13.2 Å². The number of fused-ring (bicyclic) bond motifs is 3. The molecule has 0 unspecified atom stereocenters. The van der Waals surface area contributed by atoms with Gasteiger partial charge < -0.3 is 14.4 Å². The molecule has 0 spiro atoms. The van der Waals surface area contributed by atoms with Crippen LogP contribution in [0.15, 0.2) is 41.5 Å². The first-order valence-electron chi connectivity index (χ1n) is 7.79. The highest BCUT2D eigenvalue weighted by Crippen LogP contribution is 2.36. The molecule has 1 aromatic heterocycles. The van der Waals surface area contributed by atoms with Gasteiger partial charge in [-0.05, 0) is 41.9 Å². The fourth-order valence-electron chi connectivity index (χ4n) is 3.51. The fraction of sp³-hybridized carbons (Fsp3) is 0.294. The second-order valence-electron chi connectivity index (χ2n) is 6.06. The van der Waals surface area contributed by atoms with Crippen LogP contribution in [-0.2, 0) is 4.74 Å². The van der Waals surface area contributed by atoms with Crippen LogP contribution < -0.4 is 0 Å². The lowest BCUT2D eigenvalue weighted by Crippen LogP contribution is -2.43. The van der Waals surface area contributed by atoms with Gasteiger partial charge in [-0.3, -0.25) is 0 Å². The van der Waals surface area contributed by atoms with Crippen LogP contribution in [0, 0.1) is 11.6 Å². The summed E-state index contributed by atoms with van der Waals surface area (Å²) in [5, 5.41) is 15.3. The summed E-state index contributed by atoms with van der Waals surface area (Å²) in [6.07, 6.45) is -0.974. The number of hydrogen-bond acceptors (Lipinski definition) is 3. The Morgan fingerprint density at radius 3 is 2.24 bits per heavy atom. The van der Waals surface area contributed by atoms with E-state index in [1.165, 1.54) is 24.3 Å². The third kappa shape index (κ3) is 2.51. The van der Waals surface area contributed by atoms with Gasteiger partial charge in [0.25, 0.3) is 0 Å². The molecule has 0 aliphatic carbocycles. The summed E-state index contributed by atoms with van der Waals surface area (Å²) >= 11 is 0. The first-order chi connectivity index (χ1) is 12.1. The zero-order valence-corrected chi connectivity index (χ0v) is 13.0. The van der Waals surface area contributed by atoms with Crippen LogP contribution in [0.3, 0.4) is 0 Å². The van der Waals surface area contributed by atoms with Crippen LogP contribution in [0.1, 0.15) is 6.04 Å². The van der Waals surface area contributed by atoms with Crippen molar-refractivity contribution >= 4 is 21.8 Å². The molecule has 2 aromatic carbocycles. The first-order valence-corrected chi connectivity index (χ1v) is 7.79. The third-order valence-electron chi connectivity index (χ3n) is 4.62. The van der Waals surface area contributed by atoms with E-state index in [9.17, 15) is 13.9 Å². The molecule has 3 aromatic rings. The quantitative estimate of drug-likeness (QED) is 0.437. The summed E-state index contributed by atoms with van der Waals surface area (Å²) in [6, 6.07) is 7.23. The maximum Gasteiger partial charge on any atom is 0.123 e. The number of nitrogens with zero attached hydrogens (tertiary/aromatic N) is 4. The minimum absolute atomic E-state index is 0.127. The topological polar surface area (TPSA) is 83.2 Å². The Balaban J connectivity index is 1.98. The molecule has 6 nitrogen and oxygen atoms in total. The Morgan fingerprint density at radius 2 is 1.68 bits per heavy atom. The summed E-state index contributed by atoms with van der Waals surface area (Å²) in [5.41, 5.74) is 9.96. The summed E-state index contributed by atoms with van der Waals surface area (Å²) in [6.45, 7) is 0.328. The van der Waals surface area contributed by atoms with Crippen LogP contribution in [0.5, 0.6) is 0 Å². The summed E-state index contributed by atoms with van der Waals surface area (Å²) < 4.78 is 34.7. The molecule has 0 radical (unpaired) electrons. The zero-order chi connectivity index (χ0) is 17.6. The van der Waals surface area contributed by atoms with Gasteiger partial charge in [0.1, 0.15) is 11.6 Å². The molecule has 1 saturated heterocycles. The van der Waals surface area contributed by atoms with Crippen molar-refractivity contribution in [2.45, 2.75) is 18.2 Å². The molecule has 0 amide bonds. The number of ether oxygens (including phenoxy) is 1. The summed E-state index contributed by atoms with van der Waals surface area (Å²) in [4.78, 5) is 2.75. The zero-order valence-electron chi connectivity index (χ0n) is 13.0. The van der Waals surface area contributed by atoms with Crippen molar-refractivity contribution < 1.29 is 18.6 Å². The molecule has 4 rings (SSSR count). The van der Waals surface area contributed by atoms with E-state index in [0.717, 1.165) is 0 Å². The van der Waals surface area contributed by atoms with E-state index in [0.29, 0.717) is 21.8 Å². The van der Waals surface area contributed by atoms with Crippen LogP contribution in [0.25, 0.3) is 32.2 Å². The van der Waals surface area contributed by atoms with Crippen molar-refractivity contribution in [1.82, 2.24) is 4.57 Å². The van der Waals surface area contributed by atoms with Crippen molar-refractivity contribution in [2.75, 3.05) is 13.2 Å². The second kappa shape index (κ2) is 6.00. The van der Waals surface area contributed by atoms with Crippen molar-refractivity contribution in [3.8, 4) is 0 Å². The van der Waals surface area contributed by atoms with Gasteiger partial charge in [0.2, 0.25) is 0 Å². The highest BCUT2D eigenvalue weighted by Gasteiger charge is 2.35. The van der Waals surface area contributed by atoms with Gasteiger partial charge in [-0.1, -0.05) is 5.11 Å². The van der Waals surface area contributed by atoms with Gasteiger partial charge in [0, 0.05) is 26.7 Å². The largest absolute Gasteiger partial charge is 0.390 e. The highest BCUT2D eigenvalue weighted by molar-refractivity contribution is 6.08. The molecule has 0 saturated carbocycles. The predicted molar refractivity (Wildman–Crippen MR) is 88.2 cm³/mol. The molecule has 1 fully saturated rings. The number of aliphatic hydroxyl groups excluding tert-OH is 1. The molecular weight excluding hydrogens is 330 g/mol. The molecule has 25 heavy (non-hydrogen) atoms. The smallest absolute Gasteiger partial charge is 0.123 e. The predicted octanol–water partition coefficient (Wildman–Crippen LogP) is 3.68. The van der Waals surface area contributed by atoms with E-state index in [2.05, 4.69) is 10.0 Å². The van der Waals surface area contributed by atoms with Crippen molar-refractivity contribution in [3.63, 3.8) is 0 Å². The fourth-order valence-corrected chi connectivity index (χ4v) is 3.51. The lowest BCUT2D eigenvalue weighted by Gasteiger charge is -2.34. The Kier molecular flexibility index (Phi) is 3.80. The minimum Gasteiger partial charge on any atom is -0.390 e. The van der Waals surface area contributed by atoms with Crippen LogP contribution >= 0.6 is 0 Å². The van der Waals surface area contributed by atoms with Gasteiger partial charge in [0.05, 0.1) is 31.4 Å². The molecule has 8 heteroatoms. The molecule has 1 aliphatic rings. The van der Waals surface area contributed by atoms with Crippen molar-refractivity contribution in [1.29, 1.82) is 0 Å². The van der Waals surface area contributed by atoms with Crippen LogP contribution in [0.2, 0.25) is 0 Å². The molecule has 1 N–H and O–H groups in total. The molecule has 2 heterocycles. The number of aromatic nitrogens is 1. The number of benzene rings is 2. The Hall–Kier alpha value is -2.67. The van der Waals surface area contributed by atoms with Crippen molar-refractivity contribution in [2.24, 2.45) is 5.11 Å². The second-order valence-corrected chi connectivity index (χ2v) is 6.06. The van der Waals surface area contributed by atoms with E-state index in [1.807, 2.05) is 0 Å². The van der Waals surface area contributed by atoms with E-state index < -0.39 is 29.8 Å². The maximum absolute atomic E-state index is 13.7. The number of rotatable bonds is 2. The maximum atomic E-state index is 13.7. The molecule has 0 bridgehead atoms.